The molecule has 0 fully saturated rings. The predicted molar refractivity (Wildman–Crippen MR) is 86.0 cm³/mol. The van der Waals surface area contributed by atoms with Crippen LogP contribution in [0.4, 0.5) is 10.8 Å². The molecule has 7 heteroatoms. The summed E-state index contributed by atoms with van der Waals surface area (Å²) in [5, 5.41) is 0.354. The van der Waals surface area contributed by atoms with Gasteiger partial charge in [0.05, 0.1) is 15.1 Å². The molecule has 108 valence electrons. The van der Waals surface area contributed by atoms with Gasteiger partial charge in [-0.2, -0.15) is 0 Å². The van der Waals surface area contributed by atoms with Crippen LogP contribution in [0.2, 0.25) is 0 Å². The van der Waals surface area contributed by atoms with Crippen LogP contribution in [0.15, 0.2) is 47.4 Å². The third-order valence-electron chi connectivity index (χ3n) is 3.00. The van der Waals surface area contributed by atoms with Gasteiger partial charge in [0.15, 0.2) is 5.13 Å². The summed E-state index contributed by atoms with van der Waals surface area (Å²) >= 11 is 1.30. The first-order chi connectivity index (χ1) is 9.95. The van der Waals surface area contributed by atoms with E-state index in [1.165, 1.54) is 17.4 Å². The van der Waals surface area contributed by atoms with Crippen molar-refractivity contribution in [3.05, 3.63) is 48.0 Å². The van der Waals surface area contributed by atoms with Crippen LogP contribution in [-0.2, 0) is 10.0 Å². The number of anilines is 2. The molecule has 0 bridgehead atoms. The lowest BCUT2D eigenvalue weighted by Crippen LogP contribution is -2.14. The number of nitrogens with two attached hydrogens (primary N) is 1. The van der Waals surface area contributed by atoms with E-state index in [1.54, 1.807) is 19.1 Å². The number of fused-ring (bicyclic) bond motifs is 1. The maximum Gasteiger partial charge on any atom is 0.263 e. The summed E-state index contributed by atoms with van der Waals surface area (Å²) < 4.78 is 28.3. The topological polar surface area (TPSA) is 85.1 Å². The summed E-state index contributed by atoms with van der Waals surface area (Å²) in [6.07, 6.45) is 0. The highest BCUT2D eigenvalue weighted by molar-refractivity contribution is 7.93. The van der Waals surface area contributed by atoms with Gasteiger partial charge in [-0.1, -0.05) is 23.5 Å². The maximum absolute atomic E-state index is 12.4. The lowest BCUT2D eigenvalue weighted by Gasteiger charge is -2.08. The fourth-order valence-electron chi connectivity index (χ4n) is 2.06. The first kappa shape index (κ1) is 13.8. The third-order valence-corrected chi connectivity index (χ3v) is 5.58. The Kier molecular flexibility index (Phi) is 3.30. The Bertz CT molecular complexity index is 884. The summed E-state index contributed by atoms with van der Waals surface area (Å²) in [5.41, 5.74) is 7.56. The highest BCUT2D eigenvalue weighted by Crippen LogP contribution is 2.28. The molecule has 0 aliphatic carbocycles. The number of para-hydroxylation sites is 1. The van der Waals surface area contributed by atoms with E-state index >= 15 is 0 Å². The lowest BCUT2D eigenvalue weighted by molar-refractivity contribution is 0.600. The summed E-state index contributed by atoms with van der Waals surface area (Å²) in [4.78, 5) is 4.48. The monoisotopic (exact) mass is 319 g/mol. The number of hydrogen-bond acceptors (Lipinski definition) is 5. The van der Waals surface area contributed by atoms with Gasteiger partial charge < -0.3 is 5.73 Å². The summed E-state index contributed by atoms with van der Waals surface area (Å²) in [5.74, 6) is 0. The van der Waals surface area contributed by atoms with Gasteiger partial charge in [-0.15, -0.1) is 0 Å². The second-order valence-corrected chi connectivity index (χ2v) is 7.30. The van der Waals surface area contributed by atoms with Crippen LogP contribution in [0, 0.1) is 6.92 Å². The molecule has 0 spiro atoms. The second kappa shape index (κ2) is 5.01. The number of aryl methyl sites for hydroxylation is 1. The minimum atomic E-state index is -3.67. The van der Waals surface area contributed by atoms with E-state index in [1.807, 2.05) is 24.3 Å². The van der Waals surface area contributed by atoms with Crippen molar-refractivity contribution < 1.29 is 8.42 Å². The molecular weight excluding hydrogens is 306 g/mol. The largest absolute Gasteiger partial charge is 0.399 e. The van der Waals surface area contributed by atoms with Crippen LogP contribution in [0.5, 0.6) is 0 Å². The highest BCUT2D eigenvalue weighted by atomic mass is 32.2. The molecule has 1 heterocycles. The van der Waals surface area contributed by atoms with Crippen LogP contribution in [0.1, 0.15) is 5.56 Å². The van der Waals surface area contributed by atoms with E-state index in [9.17, 15) is 8.42 Å². The van der Waals surface area contributed by atoms with Crippen LogP contribution < -0.4 is 10.5 Å². The standard InChI is InChI=1S/C14H13N3O2S2/c1-9-8-10(15)6-7-13(9)21(18,19)17-14-16-11-4-2-3-5-12(11)20-14/h2-8H,15H2,1H3,(H,16,17). The highest BCUT2D eigenvalue weighted by Gasteiger charge is 2.18. The molecule has 1 aromatic heterocycles. The van der Waals surface area contributed by atoms with Crippen LogP contribution in [-0.4, -0.2) is 13.4 Å². The molecule has 3 rings (SSSR count). The van der Waals surface area contributed by atoms with Gasteiger partial charge in [0.2, 0.25) is 0 Å². The molecule has 0 unspecified atom stereocenters. The zero-order valence-electron chi connectivity index (χ0n) is 11.2. The van der Waals surface area contributed by atoms with E-state index in [4.69, 9.17) is 5.73 Å². The van der Waals surface area contributed by atoms with Gasteiger partial charge in [-0.05, 0) is 42.8 Å². The molecule has 21 heavy (non-hydrogen) atoms. The minimum Gasteiger partial charge on any atom is -0.399 e. The Balaban J connectivity index is 1.99. The van der Waals surface area contributed by atoms with Crippen LogP contribution >= 0.6 is 11.3 Å². The summed E-state index contributed by atoms with van der Waals surface area (Å²) in [6, 6.07) is 12.2. The van der Waals surface area contributed by atoms with Gasteiger partial charge in [0, 0.05) is 5.69 Å². The molecular formula is C14H13N3O2S2. The third kappa shape index (κ3) is 2.70. The number of hydrogen-bond donors (Lipinski definition) is 2. The molecule has 0 aliphatic rings. The Morgan fingerprint density at radius 1 is 1.19 bits per heavy atom. The normalized spacial score (nSPS) is 11.7. The van der Waals surface area contributed by atoms with E-state index < -0.39 is 10.0 Å². The van der Waals surface area contributed by atoms with Crippen molar-refractivity contribution in [2.45, 2.75) is 11.8 Å². The number of sulfonamides is 1. The first-order valence-electron chi connectivity index (χ1n) is 6.20. The van der Waals surface area contributed by atoms with E-state index in [0.29, 0.717) is 16.4 Å². The van der Waals surface area contributed by atoms with Crippen LogP contribution in [0.25, 0.3) is 10.2 Å². The molecule has 5 nitrogen and oxygen atoms in total. The fraction of sp³-hybridized carbons (Fsp3) is 0.0714. The number of rotatable bonds is 3. The molecule has 2 aromatic carbocycles. The molecule has 0 saturated carbocycles. The number of nitrogen functional groups attached to an aromatic ring is 1. The van der Waals surface area contributed by atoms with Gasteiger partial charge in [0.1, 0.15) is 0 Å². The number of benzene rings is 2. The smallest absolute Gasteiger partial charge is 0.263 e. The number of nitrogens with one attached hydrogen (secondary N) is 1. The van der Waals surface area contributed by atoms with Crippen molar-refractivity contribution in [2.75, 3.05) is 10.5 Å². The van der Waals surface area contributed by atoms with Gasteiger partial charge in [-0.25, -0.2) is 13.4 Å². The molecule has 0 aliphatic heterocycles. The molecule has 0 amide bonds. The Morgan fingerprint density at radius 2 is 1.95 bits per heavy atom. The average Bonchev–Trinajstić information content (AvgIpc) is 2.79. The molecule has 0 saturated heterocycles. The van der Waals surface area contributed by atoms with Crippen molar-refractivity contribution in [3.8, 4) is 0 Å². The number of aromatic nitrogens is 1. The second-order valence-electron chi connectivity index (χ2n) is 4.62. The number of thiazole rings is 1. The van der Waals surface area contributed by atoms with E-state index in [0.717, 1.165) is 10.2 Å². The van der Waals surface area contributed by atoms with E-state index in [-0.39, 0.29) is 4.90 Å². The van der Waals surface area contributed by atoms with Crippen molar-refractivity contribution in [3.63, 3.8) is 0 Å². The predicted octanol–water partition coefficient (Wildman–Crippen LogP) is 2.99. The zero-order chi connectivity index (χ0) is 15.0. The van der Waals surface area contributed by atoms with Crippen molar-refractivity contribution in [2.24, 2.45) is 0 Å². The minimum absolute atomic E-state index is 0.205. The SMILES string of the molecule is Cc1cc(N)ccc1S(=O)(=O)Nc1nc2ccccc2s1. The lowest BCUT2D eigenvalue weighted by atomic mass is 10.2. The van der Waals surface area contributed by atoms with Gasteiger partial charge >= 0.3 is 0 Å². The Labute approximate surface area is 126 Å². The molecule has 3 N–H and O–H groups in total. The van der Waals surface area contributed by atoms with Crippen molar-refractivity contribution >= 4 is 42.4 Å². The maximum atomic E-state index is 12.4. The fourth-order valence-corrected chi connectivity index (χ4v) is 4.39. The summed E-state index contributed by atoms with van der Waals surface area (Å²) in [7, 11) is -3.67. The average molecular weight is 319 g/mol. The first-order valence-corrected chi connectivity index (χ1v) is 8.50. The Morgan fingerprint density at radius 3 is 2.67 bits per heavy atom. The van der Waals surface area contributed by atoms with Gasteiger partial charge in [-0.3, -0.25) is 4.72 Å². The van der Waals surface area contributed by atoms with Crippen molar-refractivity contribution in [1.82, 2.24) is 4.98 Å². The van der Waals surface area contributed by atoms with E-state index in [2.05, 4.69) is 9.71 Å². The number of nitrogens with zero attached hydrogens (tertiary/aromatic N) is 1. The van der Waals surface area contributed by atoms with Crippen molar-refractivity contribution in [1.29, 1.82) is 0 Å². The quantitative estimate of drug-likeness (QED) is 0.727. The molecule has 3 aromatic rings. The Hall–Kier alpha value is -2.12. The molecule has 0 radical (unpaired) electrons. The van der Waals surface area contributed by atoms with Gasteiger partial charge in [0.25, 0.3) is 10.0 Å². The van der Waals surface area contributed by atoms with Crippen LogP contribution in [0.3, 0.4) is 0 Å². The zero-order valence-corrected chi connectivity index (χ0v) is 12.8. The molecule has 0 atom stereocenters. The summed E-state index contributed by atoms with van der Waals surface area (Å²) in [6.45, 7) is 1.71.